The van der Waals surface area contributed by atoms with Gasteiger partial charge < -0.3 is 10.3 Å². The van der Waals surface area contributed by atoms with Crippen molar-refractivity contribution in [3.8, 4) is 22.6 Å². The summed E-state index contributed by atoms with van der Waals surface area (Å²) in [6, 6.07) is 12.3. The predicted molar refractivity (Wildman–Crippen MR) is 113 cm³/mol. The molecule has 0 aliphatic carbocycles. The Kier molecular flexibility index (Phi) is 5.07. The molecule has 150 valence electrons. The first-order valence-electron chi connectivity index (χ1n) is 9.84. The van der Waals surface area contributed by atoms with Crippen LogP contribution in [-0.4, -0.2) is 25.2 Å². The summed E-state index contributed by atoms with van der Waals surface area (Å²) in [5.74, 6) is 0.495. The highest BCUT2D eigenvalue weighted by Gasteiger charge is 2.16. The van der Waals surface area contributed by atoms with Gasteiger partial charge in [0.1, 0.15) is 11.6 Å². The third-order valence-corrected chi connectivity index (χ3v) is 5.20. The average molecular weight is 393 g/mol. The summed E-state index contributed by atoms with van der Waals surface area (Å²) < 4.78 is 18.8. The minimum atomic E-state index is -0.279. The Hall–Kier alpha value is -3.19. The highest BCUT2D eigenvalue weighted by Crippen LogP contribution is 2.27. The SMILES string of the molecule is CCn1c(=O)n(CC)c2cc(-c3nc(-c4ccc(F)cc4)cn3CCN)ccc21. The smallest absolute Gasteiger partial charge is 0.329 e. The van der Waals surface area contributed by atoms with Crippen molar-refractivity contribution < 1.29 is 4.39 Å². The number of aromatic nitrogens is 4. The quantitative estimate of drug-likeness (QED) is 0.545. The van der Waals surface area contributed by atoms with Crippen LogP contribution in [0.15, 0.2) is 53.5 Å². The van der Waals surface area contributed by atoms with Gasteiger partial charge in [0.15, 0.2) is 0 Å². The van der Waals surface area contributed by atoms with E-state index in [-0.39, 0.29) is 11.5 Å². The molecule has 29 heavy (non-hydrogen) atoms. The normalized spacial score (nSPS) is 11.4. The van der Waals surface area contributed by atoms with Crippen LogP contribution in [0.5, 0.6) is 0 Å². The number of benzene rings is 2. The summed E-state index contributed by atoms with van der Waals surface area (Å²) in [7, 11) is 0. The number of hydrogen-bond donors (Lipinski definition) is 1. The molecule has 0 spiro atoms. The van der Waals surface area contributed by atoms with Crippen LogP contribution in [0.3, 0.4) is 0 Å². The number of nitrogens with zero attached hydrogens (tertiary/aromatic N) is 4. The molecule has 0 bridgehead atoms. The summed E-state index contributed by atoms with van der Waals surface area (Å²) in [5.41, 5.74) is 10.1. The molecule has 6 nitrogen and oxygen atoms in total. The number of aryl methyl sites for hydroxylation is 2. The largest absolute Gasteiger partial charge is 0.329 e. The fourth-order valence-corrected chi connectivity index (χ4v) is 3.79. The first-order valence-corrected chi connectivity index (χ1v) is 9.84. The minimum absolute atomic E-state index is 0.000508. The first-order chi connectivity index (χ1) is 14.1. The van der Waals surface area contributed by atoms with Crippen molar-refractivity contribution in [3.63, 3.8) is 0 Å². The molecule has 0 saturated carbocycles. The van der Waals surface area contributed by atoms with E-state index in [0.29, 0.717) is 26.2 Å². The second-order valence-electron chi connectivity index (χ2n) is 6.91. The minimum Gasteiger partial charge on any atom is -0.329 e. The van der Waals surface area contributed by atoms with Crippen LogP contribution in [0, 0.1) is 5.82 Å². The fourth-order valence-electron chi connectivity index (χ4n) is 3.79. The molecular formula is C22H24FN5O. The summed E-state index contributed by atoms with van der Waals surface area (Å²) in [6.45, 7) is 6.24. The van der Waals surface area contributed by atoms with Gasteiger partial charge in [0, 0.05) is 43.5 Å². The van der Waals surface area contributed by atoms with Gasteiger partial charge in [-0.15, -0.1) is 0 Å². The zero-order valence-corrected chi connectivity index (χ0v) is 16.6. The molecule has 0 aliphatic rings. The summed E-state index contributed by atoms with van der Waals surface area (Å²) >= 11 is 0. The van der Waals surface area contributed by atoms with Crippen LogP contribution in [0.25, 0.3) is 33.7 Å². The molecule has 2 heterocycles. The molecule has 2 aromatic heterocycles. The molecule has 0 aliphatic heterocycles. The first kappa shape index (κ1) is 19.1. The van der Waals surface area contributed by atoms with Gasteiger partial charge in [-0.05, 0) is 56.3 Å². The molecular weight excluding hydrogens is 369 g/mol. The molecule has 0 unspecified atom stereocenters. The average Bonchev–Trinajstić information content (AvgIpc) is 3.26. The van der Waals surface area contributed by atoms with Gasteiger partial charge in [0.05, 0.1) is 16.7 Å². The number of hydrogen-bond acceptors (Lipinski definition) is 3. The van der Waals surface area contributed by atoms with E-state index in [1.54, 1.807) is 21.3 Å². The predicted octanol–water partition coefficient (Wildman–Crippen LogP) is 3.47. The number of halogens is 1. The Morgan fingerprint density at radius 1 is 0.966 bits per heavy atom. The maximum absolute atomic E-state index is 13.3. The maximum Gasteiger partial charge on any atom is 0.329 e. The monoisotopic (exact) mass is 393 g/mol. The molecule has 0 radical (unpaired) electrons. The highest BCUT2D eigenvalue weighted by molar-refractivity contribution is 5.82. The fraction of sp³-hybridized carbons (Fsp3) is 0.273. The summed E-state index contributed by atoms with van der Waals surface area (Å²) in [4.78, 5) is 17.4. The molecule has 0 amide bonds. The van der Waals surface area contributed by atoms with Gasteiger partial charge >= 0.3 is 5.69 Å². The second-order valence-corrected chi connectivity index (χ2v) is 6.91. The van der Waals surface area contributed by atoms with Crippen molar-refractivity contribution >= 4 is 11.0 Å². The third kappa shape index (κ3) is 3.27. The van der Waals surface area contributed by atoms with Gasteiger partial charge in [-0.3, -0.25) is 9.13 Å². The van der Waals surface area contributed by atoms with E-state index in [0.717, 1.165) is 33.7 Å². The second kappa shape index (κ2) is 7.67. The van der Waals surface area contributed by atoms with Crippen molar-refractivity contribution in [2.24, 2.45) is 5.73 Å². The lowest BCUT2D eigenvalue weighted by atomic mass is 10.1. The van der Waals surface area contributed by atoms with Crippen LogP contribution in [-0.2, 0) is 19.6 Å². The van der Waals surface area contributed by atoms with E-state index in [2.05, 4.69) is 0 Å². The van der Waals surface area contributed by atoms with Crippen LogP contribution in [0.1, 0.15) is 13.8 Å². The van der Waals surface area contributed by atoms with Crippen molar-refractivity contribution in [1.82, 2.24) is 18.7 Å². The van der Waals surface area contributed by atoms with Gasteiger partial charge in [0.25, 0.3) is 0 Å². The molecule has 0 atom stereocenters. The van der Waals surface area contributed by atoms with Crippen LogP contribution >= 0.6 is 0 Å². The number of imidazole rings is 2. The highest BCUT2D eigenvalue weighted by atomic mass is 19.1. The zero-order valence-electron chi connectivity index (χ0n) is 16.6. The Bertz CT molecular complexity index is 1220. The molecule has 4 aromatic rings. The van der Waals surface area contributed by atoms with Crippen LogP contribution in [0.4, 0.5) is 4.39 Å². The van der Waals surface area contributed by atoms with Crippen molar-refractivity contribution in [1.29, 1.82) is 0 Å². The van der Waals surface area contributed by atoms with Gasteiger partial charge in [0.2, 0.25) is 0 Å². The van der Waals surface area contributed by atoms with Crippen molar-refractivity contribution in [3.05, 3.63) is 65.0 Å². The molecule has 2 N–H and O–H groups in total. The Morgan fingerprint density at radius 2 is 1.62 bits per heavy atom. The lowest BCUT2D eigenvalue weighted by molar-refractivity contribution is 0.628. The van der Waals surface area contributed by atoms with E-state index in [4.69, 9.17) is 10.7 Å². The topological polar surface area (TPSA) is 70.8 Å². The number of fused-ring (bicyclic) bond motifs is 1. The standard InChI is InChI=1S/C22H24FN5O/c1-3-27-19-10-7-16(13-20(19)28(4-2)22(27)29)21-25-18(14-26(21)12-11-24)15-5-8-17(23)9-6-15/h5-10,13-14H,3-4,11-12,24H2,1-2H3. The van der Waals surface area contributed by atoms with Crippen molar-refractivity contribution in [2.45, 2.75) is 33.5 Å². The van der Waals surface area contributed by atoms with E-state index < -0.39 is 0 Å². The summed E-state index contributed by atoms with van der Waals surface area (Å²) in [6.07, 6.45) is 1.93. The summed E-state index contributed by atoms with van der Waals surface area (Å²) in [5, 5.41) is 0. The number of rotatable bonds is 6. The van der Waals surface area contributed by atoms with Gasteiger partial charge in [-0.25, -0.2) is 14.2 Å². The zero-order chi connectivity index (χ0) is 20.5. The molecule has 4 rings (SSSR count). The maximum atomic E-state index is 13.3. The molecule has 0 saturated heterocycles. The molecule has 2 aromatic carbocycles. The van der Waals surface area contributed by atoms with Crippen molar-refractivity contribution in [2.75, 3.05) is 6.54 Å². The van der Waals surface area contributed by atoms with Gasteiger partial charge in [-0.2, -0.15) is 0 Å². The lowest BCUT2D eigenvalue weighted by Crippen LogP contribution is -2.23. The van der Waals surface area contributed by atoms with E-state index in [1.165, 1.54) is 12.1 Å². The Morgan fingerprint density at radius 3 is 2.28 bits per heavy atom. The molecule has 0 fully saturated rings. The Balaban J connectivity index is 1.88. The van der Waals surface area contributed by atoms with E-state index >= 15 is 0 Å². The van der Waals surface area contributed by atoms with E-state index in [1.807, 2.05) is 42.8 Å². The van der Waals surface area contributed by atoms with Crippen LogP contribution < -0.4 is 11.4 Å². The third-order valence-electron chi connectivity index (χ3n) is 5.20. The van der Waals surface area contributed by atoms with E-state index in [9.17, 15) is 9.18 Å². The Labute approximate surface area is 168 Å². The number of nitrogens with two attached hydrogens (primary N) is 1. The molecule has 7 heteroatoms. The lowest BCUT2D eigenvalue weighted by Gasteiger charge is -2.07. The van der Waals surface area contributed by atoms with Crippen LogP contribution in [0.2, 0.25) is 0 Å². The van der Waals surface area contributed by atoms with Gasteiger partial charge in [-0.1, -0.05) is 0 Å².